The lowest BCUT2D eigenvalue weighted by Gasteiger charge is -2.12. The summed E-state index contributed by atoms with van der Waals surface area (Å²) < 4.78 is 11.5. The van der Waals surface area contributed by atoms with Gasteiger partial charge >= 0.3 is 0 Å². The number of hydrogen-bond acceptors (Lipinski definition) is 6. The number of oxazole rings is 1. The molecule has 0 unspecified atom stereocenters. The van der Waals surface area contributed by atoms with Crippen LogP contribution in [0.15, 0.2) is 150 Å². The number of allylic oxidation sites excluding steroid dienone is 1. The maximum absolute atomic E-state index is 6.51. The van der Waals surface area contributed by atoms with Gasteiger partial charge in [-0.3, -0.25) is 0 Å². The van der Waals surface area contributed by atoms with Gasteiger partial charge in [-0.15, -0.1) is 11.3 Å². The Morgan fingerprint density at radius 3 is 2.06 bits per heavy atom. The summed E-state index contributed by atoms with van der Waals surface area (Å²) in [5.74, 6) is 2.38. The van der Waals surface area contributed by atoms with E-state index < -0.39 is 0 Å². The number of rotatable bonds is 5. The van der Waals surface area contributed by atoms with Gasteiger partial charge in [0.05, 0.1) is 5.52 Å². The molecule has 4 heterocycles. The van der Waals surface area contributed by atoms with Gasteiger partial charge in [0.15, 0.2) is 23.1 Å². The quantitative estimate of drug-likeness (QED) is 0.179. The van der Waals surface area contributed by atoms with Crippen LogP contribution in [0.1, 0.15) is 17.7 Å². The van der Waals surface area contributed by atoms with Crippen molar-refractivity contribution >= 4 is 59.6 Å². The fourth-order valence-corrected chi connectivity index (χ4v) is 8.75. The SMILES string of the molecule is C1=Cc2c(c3cc4c(cc3n2-c2cccc(-c3nc5ccc(-c6nc(-c7ccccc7)nc(-c7ccccc7)n6)cc5o3)c2)sc2ccccc24)CC1. The molecule has 0 fully saturated rings. The van der Waals surface area contributed by atoms with E-state index in [1.807, 2.05) is 90.2 Å². The van der Waals surface area contributed by atoms with Crippen LogP contribution >= 0.6 is 11.3 Å². The third kappa shape index (κ3) is 5.00. The Morgan fingerprint density at radius 2 is 1.26 bits per heavy atom. The van der Waals surface area contributed by atoms with Crippen LogP contribution in [0.25, 0.3) is 99.6 Å². The lowest BCUT2D eigenvalue weighted by molar-refractivity contribution is 0.620. The Kier molecular flexibility index (Phi) is 6.75. The molecule has 0 saturated carbocycles. The normalized spacial score (nSPS) is 12.7. The van der Waals surface area contributed by atoms with Crippen molar-refractivity contribution in [1.82, 2.24) is 24.5 Å². The molecule has 4 aromatic heterocycles. The zero-order chi connectivity index (χ0) is 34.9. The Morgan fingerprint density at radius 1 is 0.547 bits per heavy atom. The second-order valence-corrected chi connectivity index (χ2v) is 14.5. The summed E-state index contributed by atoms with van der Waals surface area (Å²) in [5, 5.41) is 3.98. The highest BCUT2D eigenvalue weighted by molar-refractivity contribution is 7.25. The highest BCUT2D eigenvalue weighted by Gasteiger charge is 2.21. The first-order valence-electron chi connectivity index (χ1n) is 17.8. The summed E-state index contributed by atoms with van der Waals surface area (Å²) in [6, 6.07) is 48.0. The third-order valence-corrected chi connectivity index (χ3v) is 11.3. The van der Waals surface area contributed by atoms with Crippen molar-refractivity contribution in [2.75, 3.05) is 0 Å². The minimum absolute atomic E-state index is 0.567. The summed E-state index contributed by atoms with van der Waals surface area (Å²) in [6.07, 6.45) is 6.64. The molecule has 11 rings (SSSR count). The standard InChI is InChI=1S/C46H29N5OS/c1-3-12-28(13-4-1)43-48-44(29-14-5-2-6-15-29)50-45(49-43)30-22-23-37-40(25-30)52-46(47-37)31-16-11-17-32(24-31)51-38-20-9-7-18-33(38)35-26-36-34-19-8-10-21-41(34)53-42(36)27-39(35)51/h1-6,8-17,19-27H,7,18H2. The minimum atomic E-state index is 0.567. The summed E-state index contributed by atoms with van der Waals surface area (Å²) in [4.78, 5) is 19.6. The van der Waals surface area contributed by atoms with E-state index in [1.165, 1.54) is 42.3 Å². The molecule has 0 atom stereocenters. The molecule has 1 aliphatic carbocycles. The van der Waals surface area contributed by atoms with Gasteiger partial charge in [-0.25, -0.2) is 19.9 Å². The molecule has 250 valence electrons. The summed E-state index contributed by atoms with van der Waals surface area (Å²) in [6.45, 7) is 0. The van der Waals surface area contributed by atoms with Crippen LogP contribution in [0.5, 0.6) is 0 Å². The monoisotopic (exact) mass is 699 g/mol. The van der Waals surface area contributed by atoms with E-state index in [-0.39, 0.29) is 0 Å². The second kappa shape index (κ2) is 11.9. The molecule has 7 heteroatoms. The van der Waals surface area contributed by atoms with E-state index in [0.717, 1.165) is 46.3 Å². The number of aromatic nitrogens is 5. The fraction of sp³-hybridized carbons (Fsp3) is 0.0435. The number of aryl methyl sites for hydroxylation is 1. The zero-order valence-corrected chi connectivity index (χ0v) is 29.2. The van der Waals surface area contributed by atoms with Crippen molar-refractivity contribution in [2.45, 2.75) is 12.8 Å². The van der Waals surface area contributed by atoms with Gasteiger partial charge in [0, 0.05) is 59.2 Å². The summed E-state index contributed by atoms with van der Waals surface area (Å²) in [5.41, 5.74) is 10.00. The Balaban J connectivity index is 1.01. The number of thiophene rings is 1. The number of hydrogen-bond donors (Lipinski definition) is 0. The molecule has 53 heavy (non-hydrogen) atoms. The molecule has 0 bridgehead atoms. The van der Waals surface area contributed by atoms with Gasteiger partial charge in [0.2, 0.25) is 5.89 Å². The average Bonchev–Trinajstić information content (AvgIpc) is 3.92. The van der Waals surface area contributed by atoms with Crippen molar-refractivity contribution in [3.8, 4) is 51.3 Å². The van der Waals surface area contributed by atoms with Crippen molar-refractivity contribution in [3.05, 3.63) is 157 Å². The molecule has 0 spiro atoms. The van der Waals surface area contributed by atoms with Gasteiger partial charge in [0.1, 0.15) is 5.52 Å². The lowest BCUT2D eigenvalue weighted by Crippen LogP contribution is -2.00. The van der Waals surface area contributed by atoms with Crippen LogP contribution in [0, 0.1) is 0 Å². The average molecular weight is 700 g/mol. The van der Waals surface area contributed by atoms with E-state index in [2.05, 4.69) is 77.4 Å². The first kappa shape index (κ1) is 30.0. The van der Waals surface area contributed by atoms with Crippen molar-refractivity contribution in [3.63, 3.8) is 0 Å². The zero-order valence-electron chi connectivity index (χ0n) is 28.4. The van der Waals surface area contributed by atoms with Crippen molar-refractivity contribution in [1.29, 1.82) is 0 Å². The Hall–Kier alpha value is -6.70. The molecule has 1 aliphatic rings. The molecule has 0 radical (unpaired) electrons. The van der Waals surface area contributed by atoms with Crippen LogP contribution < -0.4 is 0 Å². The number of fused-ring (bicyclic) bond motifs is 7. The maximum atomic E-state index is 6.51. The first-order valence-corrected chi connectivity index (χ1v) is 18.6. The van der Waals surface area contributed by atoms with E-state index >= 15 is 0 Å². The molecule has 0 N–H and O–H groups in total. The fourth-order valence-electron chi connectivity index (χ4n) is 7.63. The Bertz CT molecular complexity index is 3010. The van der Waals surface area contributed by atoms with Crippen LogP contribution in [-0.2, 0) is 6.42 Å². The van der Waals surface area contributed by atoms with Gasteiger partial charge < -0.3 is 8.98 Å². The van der Waals surface area contributed by atoms with E-state index in [1.54, 1.807) is 0 Å². The van der Waals surface area contributed by atoms with E-state index in [0.29, 0.717) is 28.9 Å². The van der Waals surface area contributed by atoms with Crippen LogP contribution in [-0.4, -0.2) is 24.5 Å². The largest absolute Gasteiger partial charge is 0.436 e. The number of nitrogens with zero attached hydrogens (tertiary/aromatic N) is 5. The molecular formula is C46H29N5OS. The highest BCUT2D eigenvalue weighted by Crippen LogP contribution is 2.42. The number of benzene rings is 6. The minimum Gasteiger partial charge on any atom is -0.436 e. The van der Waals surface area contributed by atoms with Gasteiger partial charge in [-0.1, -0.05) is 91.0 Å². The van der Waals surface area contributed by atoms with E-state index in [4.69, 9.17) is 24.4 Å². The van der Waals surface area contributed by atoms with Gasteiger partial charge in [0.25, 0.3) is 0 Å². The molecule has 6 nitrogen and oxygen atoms in total. The maximum Gasteiger partial charge on any atom is 0.227 e. The second-order valence-electron chi connectivity index (χ2n) is 13.4. The van der Waals surface area contributed by atoms with Gasteiger partial charge in [-0.2, -0.15) is 0 Å². The van der Waals surface area contributed by atoms with Crippen molar-refractivity contribution in [2.24, 2.45) is 0 Å². The molecule has 0 saturated heterocycles. The van der Waals surface area contributed by atoms with Crippen LogP contribution in [0.3, 0.4) is 0 Å². The highest BCUT2D eigenvalue weighted by atomic mass is 32.1. The first-order chi connectivity index (χ1) is 26.2. The predicted octanol–water partition coefficient (Wildman–Crippen LogP) is 12.0. The van der Waals surface area contributed by atoms with Crippen LogP contribution in [0.2, 0.25) is 0 Å². The molecule has 6 aromatic carbocycles. The smallest absolute Gasteiger partial charge is 0.227 e. The van der Waals surface area contributed by atoms with E-state index in [9.17, 15) is 0 Å². The third-order valence-electron chi connectivity index (χ3n) is 10.1. The topological polar surface area (TPSA) is 69.6 Å². The molecule has 0 amide bonds. The van der Waals surface area contributed by atoms with Crippen LogP contribution in [0.4, 0.5) is 0 Å². The Labute approximate surface area is 308 Å². The molecular weight excluding hydrogens is 671 g/mol. The predicted molar refractivity (Wildman–Crippen MR) is 216 cm³/mol. The summed E-state index contributed by atoms with van der Waals surface area (Å²) >= 11 is 1.86. The van der Waals surface area contributed by atoms with Gasteiger partial charge in [-0.05, 0) is 79.1 Å². The lowest BCUT2D eigenvalue weighted by atomic mass is 10.00. The summed E-state index contributed by atoms with van der Waals surface area (Å²) in [7, 11) is 0. The van der Waals surface area contributed by atoms with Crippen molar-refractivity contribution < 1.29 is 4.42 Å². The molecule has 0 aliphatic heterocycles. The molecule has 10 aromatic rings.